The first-order chi connectivity index (χ1) is 24.6. The van der Waals surface area contributed by atoms with E-state index in [1.165, 1.54) is 43.8 Å². The lowest BCUT2D eigenvalue weighted by Gasteiger charge is -2.21. The van der Waals surface area contributed by atoms with Gasteiger partial charge in [-0.2, -0.15) is 0 Å². The highest BCUT2D eigenvalue weighted by molar-refractivity contribution is 6.25. The molecule has 254 valence electrons. The summed E-state index contributed by atoms with van der Waals surface area (Å²) in [4.78, 5) is 0. The molecule has 50 heavy (non-hydrogen) atoms. The molecule has 0 fully saturated rings. The summed E-state index contributed by atoms with van der Waals surface area (Å²) in [6, 6.07) is 39.6. The van der Waals surface area contributed by atoms with Crippen molar-refractivity contribution >= 4 is 43.1 Å². The molecule has 0 aliphatic rings. The van der Waals surface area contributed by atoms with Gasteiger partial charge in [-0.1, -0.05) is 88.4 Å². The summed E-state index contributed by atoms with van der Waals surface area (Å²) in [5.74, 6) is 3.18. The van der Waals surface area contributed by atoms with Crippen LogP contribution in [-0.4, -0.2) is 26.4 Å². The lowest BCUT2D eigenvalue weighted by molar-refractivity contribution is 0.269. The molecule has 7 rings (SSSR count). The maximum atomic E-state index is 6.26. The van der Waals surface area contributed by atoms with Crippen LogP contribution in [0.5, 0.6) is 23.0 Å². The lowest BCUT2D eigenvalue weighted by Crippen LogP contribution is -2.01. The zero-order chi connectivity index (χ0) is 34.5. The fourth-order valence-corrected chi connectivity index (χ4v) is 6.86. The van der Waals surface area contributed by atoms with E-state index in [0.29, 0.717) is 26.4 Å². The van der Waals surface area contributed by atoms with Gasteiger partial charge in [-0.3, -0.25) is 0 Å². The Balaban J connectivity index is 1.62. The predicted molar refractivity (Wildman–Crippen MR) is 210 cm³/mol. The molecule has 4 heteroatoms. The highest BCUT2D eigenvalue weighted by atomic mass is 16.5. The minimum atomic E-state index is 0.641. The van der Waals surface area contributed by atoms with Gasteiger partial charge in [-0.05, 0) is 140 Å². The van der Waals surface area contributed by atoms with Gasteiger partial charge in [0.1, 0.15) is 0 Å². The second-order valence-electron chi connectivity index (χ2n) is 13.0. The second kappa shape index (κ2) is 15.1. The molecule has 0 radical (unpaired) electrons. The van der Waals surface area contributed by atoms with E-state index in [2.05, 4.69) is 137 Å². The summed E-state index contributed by atoms with van der Waals surface area (Å²) in [6.45, 7) is 11.1. The molecule has 0 saturated carbocycles. The first-order valence-corrected chi connectivity index (χ1v) is 18.2. The molecule has 0 heterocycles. The molecule has 7 aromatic rings. The van der Waals surface area contributed by atoms with Gasteiger partial charge < -0.3 is 18.9 Å². The minimum absolute atomic E-state index is 0.641. The Bertz CT molecular complexity index is 1980. The van der Waals surface area contributed by atoms with E-state index in [4.69, 9.17) is 18.9 Å². The van der Waals surface area contributed by atoms with Crippen LogP contribution in [0.4, 0.5) is 0 Å². The van der Waals surface area contributed by atoms with Crippen molar-refractivity contribution in [1.29, 1.82) is 0 Å². The first kappa shape index (κ1) is 33.3. The van der Waals surface area contributed by atoms with E-state index in [1.54, 1.807) is 0 Å². The number of rotatable bonds is 14. The van der Waals surface area contributed by atoms with Crippen molar-refractivity contribution < 1.29 is 18.9 Å². The van der Waals surface area contributed by atoms with Crippen molar-refractivity contribution in [3.63, 3.8) is 0 Å². The van der Waals surface area contributed by atoms with E-state index >= 15 is 0 Å². The van der Waals surface area contributed by atoms with Crippen LogP contribution >= 0.6 is 0 Å². The van der Waals surface area contributed by atoms with Crippen LogP contribution < -0.4 is 18.9 Å². The van der Waals surface area contributed by atoms with Gasteiger partial charge in [-0.15, -0.1) is 0 Å². The van der Waals surface area contributed by atoms with Crippen molar-refractivity contribution in [2.75, 3.05) is 26.4 Å². The molecule has 7 aromatic carbocycles. The zero-order valence-corrected chi connectivity index (χ0v) is 29.7. The zero-order valence-electron chi connectivity index (χ0n) is 29.7. The average Bonchev–Trinajstić information content (AvgIpc) is 3.15. The van der Waals surface area contributed by atoms with E-state index in [1.807, 2.05) is 0 Å². The van der Waals surface area contributed by atoms with Crippen molar-refractivity contribution in [3.8, 4) is 45.3 Å². The summed E-state index contributed by atoms with van der Waals surface area (Å²) >= 11 is 0. The molecule has 0 aliphatic heterocycles. The SMILES string of the molecule is CCCOc1cc2cc3c(-c4ccccc4)c4cc5cc(OCCC)c(OCCC)cc5cc4c(-c4ccccc4)c3cc2cc1OCCC. The summed E-state index contributed by atoms with van der Waals surface area (Å²) in [5.41, 5.74) is 4.78. The monoisotopic (exact) mass is 662 g/mol. The largest absolute Gasteiger partial charge is 0.490 e. The molecule has 0 atom stereocenters. The van der Waals surface area contributed by atoms with E-state index in [0.717, 1.165) is 70.2 Å². The van der Waals surface area contributed by atoms with Crippen molar-refractivity contribution in [2.24, 2.45) is 0 Å². The number of hydrogen-bond donors (Lipinski definition) is 0. The molecule has 0 saturated heterocycles. The minimum Gasteiger partial charge on any atom is -0.490 e. The molecule has 0 amide bonds. The smallest absolute Gasteiger partial charge is 0.161 e. The summed E-state index contributed by atoms with van der Waals surface area (Å²) < 4.78 is 25.0. The fourth-order valence-electron chi connectivity index (χ4n) is 6.86. The van der Waals surface area contributed by atoms with Gasteiger partial charge in [0.15, 0.2) is 23.0 Å². The predicted octanol–water partition coefficient (Wildman–Crippen LogP) is 12.8. The number of hydrogen-bond acceptors (Lipinski definition) is 4. The molecular formula is C46H46O4. The number of fused-ring (bicyclic) bond motifs is 4. The van der Waals surface area contributed by atoms with Gasteiger partial charge >= 0.3 is 0 Å². The molecule has 0 bridgehead atoms. The number of benzene rings is 7. The van der Waals surface area contributed by atoms with Crippen LogP contribution in [-0.2, 0) is 0 Å². The van der Waals surface area contributed by atoms with Gasteiger partial charge in [0.25, 0.3) is 0 Å². The van der Waals surface area contributed by atoms with Crippen LogP contribution in [0.3, 0.4) is 0 Å². The third kappa shape index (κ3) is 6.55. The maximum Gasteiger partial charge on any atom is 0.161 e. The average molecular weight is 663 g/mol. The Morgan fingerprint density at radius 1 is 0.340 bits per heavy atom. The Labute approximate surface area is 295 Å². The molecule has 4 nitrogen and oxygen atoms in total. The summed E-state index contributed by atoms with van der Waals surface area (Å²) in [5, 5.41) is 9.28. The van der Waals surface area contributed by atoms with Crippen molar-refractivity contribution in [2.45, 2.75) is 53.4 Å². The van der Waals surface area contributed by atoms with Crippen LogP contribution in [0.2, 0.25) is 0 Å². The van der Waals surface area contributed by atoms with Crippen LogP contribution in [0.15, 0.2) is 109 Å². The Kier molecular flexibility index (Phi) is 10.1. The molecule has 0 N–H and O–H groups in total. The van der Waals surface area contributed by atoms with Gasteiger partial charge in [0.05, 0.1) is 26.4 Å². The Hall–Kier alpha value is -5.22. The van der Waals surface area contributed by atoms with Gasteiger partial charge in [0.2, 0.25) is 0 Å². The lowest BCUT2D eigenvalue weighted by atomic mass is 9.84. The standard InChI is InChI=1S/C46H46O4/c1-5-19-47-41-27-33-23-37-38(24-34(33)28-42(41)48-20-6-2)46(32-17-13-10-14-18-32)40-26-36-30-44(50-22-8-4)43(49-21-7-3)29-35(36)25-39(40)45(37)31-15-11-9-12-16-31/h9-18,23-30H,5-8,19-22H2,1-4H3. The summed E-state index contributed by atoms with van der Waals surface area (Å²) in [6.07, 6.45) is 3.72. The highest BCUT2D eigenvalue weighted by Gasteiger charge is 2.20. The van der Waals surface area contributed by atoms with E-state index in [-0.39, 0.29) is 0 Å². The molecule has 0 aliphatic carbocycles. The molecule has 0 aromatic heterocycles. The molecule has 0 unspecified atom stereocenters. The Morgan fingerprint density at radius 2 is 0.600 bits per heavy atom. The van der Waals surface area contributed by atoms with Crippen molar-refractivity contribution in [3.05, 3.63) is 109 Å². The van der Waals surface area contributed by atoms with Crippen molar-refractivity contribution in [1.82, 2.24) is 0 Å². The van der Waals surface area contributed by atoms with E-state index < -0.39 is 0 Å². The first-order valence-electron chi connectivity index (χ1n) is 18.2. The van der Waals surface area contributed by atoms with Gasteiger partial charge in [-0.25, -0.2) is 0 Å². The summed E-state index contributed by atoms with van der Waals surface area (Å²) in [7, 11) is 0. The number of ether oxygens (including phenoxy) is 4. The normalized spacial score (nSPS) is 11.4. The van der Waals surface area contributed by atoms with Gasteiger partial charge in [0, 0.05) is 0 Å². The second-order valence-corrected chi connectivity index (χ2v) is 13.0. The third-order valence-corrected chi connectivity index (χ3v) is 9.13. The quantitative estimate of drug-likeness (QED) is 0.109. The van der Waals surface area contributed by atoms with Crippen LogP contribution in [0, 0.1) is 0 Å². The highest BCUT2D eigenvalue weighted by Crippen LogP contribution is 2.48. The topological polar surface area (TPSA) is 36.9 Å². The van der Waals surface area contributed by atoms with Crippen LogP contribution in [0.1, 0.15) is 53.4 Å². The Morgan fingerprint density at radius 3 is 0.840 bits per heavy atom. The molecule has 0 spiro atoms. The maximum absolute atomic E-state index is 6.26. The van der Waals surface area contributed by atoms with Crippen LogP contribution in [0.25, 0.3) is 65.3 Å². The molecular weight excluding hydrogens is 617 g/mol. The van der Waals surface area contributed by atoms with E-state index in [9.17, 15) is 0 Å². The third-order valence-electron chi connectivity index (χ3n) is 9.13. The fraction of sp³-hybridized carbons (Fsp3) is 0.261.